The van der Waals surface area contributed by atoms with Crippen molar-refractivity contribution in [3.8, 4) is 5.75 Å². The molecule has 0 aliphatic heterocycles. The Kier molecular flexibility index (Phi) is 5.15. The normalized spacial score (nSPS) is 12.5. The maximum absolute atomic E-state index is 6.09. The van der Waals surface area contributed by atoms with Crippen molar-refractivity contribution in [1.29, 1.82) is 0 Å². The molecule has 0 radical (unpaired) electrons. The van der Waals surface area contributed by atoms with Crippen molar-refractivity contribution >= 4 is 0 Å². The smallest absolute Gasteiger partial charge is 0.124 e. The summed E-state index contributed by atoms with van der Waals surface area (Å²) in [4.78, 5) is 0. The first-order valence-corrected chi connectivity index (χ1v) is 5.41. The van der Waals surface area contributed by atoms with Gasteiger partial charge in [-0.05, 0) is 33.0 Å². The number of ether oxygens (including phenoxy) is 1. The minimum Gasteiger partial charge on any atom is -0.494 e. The molecule has 3 heteroatoms. The van der Waals surface area contributed by atoms with Gasteiger partial charge >= 0.3 is 0 Å². The fraction of sp³-hybridized carbons (Fsp3) is 0.500. The van der Waals surface area contributed by atoms with Crippen molar-refractivity contribution in [2.75, 3.05) is 20.2 Å². The Labute approximate surface area is 91.6 Å². The lowest BCUT2D eigenvalue weighted by molar-refractivity contribution is 0.333. The number of nitrogens with two attached hydrogens (primary N) is 1. The van der Waals surface area contributed by atoms with Gasteiger partial charge in [-0.3, -0.25) is 0 Å². The first-order valence-electron chi connectivity index (χ1n) is 5.41. The largest absolute Gasteiger partial charge is 0.494 e. The third-order valence-corrected chi connectivity index (χ3v) is 2.32. The number of benzene rings is 1. The van der Waals surface area contributed by atoms with Gasteiger partial charge in [0.1, 0.15) is 5.75 Å². The third-order valence-electron chi connectivity index (χ3n) is 2.32. The van der Waals surface area contributed by atoms with Crippen LogP contribution < -0.4 is 15.8 Å². The molecule has 3 N–H and O–H groups in total. The van der Waals surface area contributed by atoms with Gasteiger partial charge in [-0.15, -0.1) is 0 Å². The van der Waals surface area contributed by atoms with Crippen molar-refractivity contribution in [3.63, 3.8) is 0 Å². The van der Waals surface area contributed by atoms with E-state index in [1.807, 2.05) is 38.2 Å². The molecule has 1 aromatic rings. The summed E-state index contributed by atoms with van der Waals surface area (Å²) in [5.74, 6) is 0.906. The molecule has 0 aliphatic carbocycles. The van der Waals surface area contributed by atoms with Crippen LogP contribution in [0.25, 0.3) is 0 Å². The molecule has 0 saturated heterocycles. The van der Waals surface area contributed by atoms with Crippen LogP contribution in [0.4, 0.5) is 0 Å². The number of nitrogens with one attached hydrogen (secondary N) is 1. The first kappa shape index (κ1) is 12.0. The monoisotopic (exact) mass is 208 g/mol. The topological polar surface area (TPSA) is 47.3 Å². The highest BCUT2D eigenvalue weighted by atomic mass is 16.5. The molecule has 1 rings (SSSR count). The van der Waals surface area contributed by atoms with Crippen LogP contribution in [0.2, 0.25) is 0 Å². The van der Waals surface area contributed by atoms with E-state index in [0.29, 0.717) is 6.61 Å². The van der Waals surface area contributed by atoms with E-state index in [4.69, 9.17) is 10.5 Å². The number of hydrogen-bond donors (Lipinski definition) is 2. The number of hydrogen-bond acceptors (Lipinski definition) is 3. The Morgan fingerprint density at radius 3 is 2.80 bits per heavy atom. The summed E-state index contributed by atoms with van der Waals surface area (Å²) in [6.07, 6.45) is 0.917. The Balaban J connectivity index is 2.72. The van der Waals surface area contributed by atoms with Crippen LogP contribution in [-0.4, -0.2) is 20.2 Å². The van der Waals surface area contributed by atoms with Crippen molar-refractivity contribution < 1.29 is 4.74 Å². The fourth-order valence-electron chi connectivity index (χ4n) is 1.53. The molecule has 0 aromatic heterocycles. The minimum atomic E-state index is 0.0419. The van der Waals surface area contributed by atoms with E-state index in [2.05, 4.69) is 5.32 Å². The van der Waals surface area contributed by atoms with Gasteiger partial charge in [0.2, 0.25) is 0 Å². The molecule has 1 atom stereocenters. The molecule has 3 nitrogen and oxygen atoms in total. The number of para-hydroxylation sites is 1. The van der Waals surface area contributed by atoms with Crippen molar-refractivity contribution in [2.24, 2.45) is 5.73 Å². The molecule has 0 heterocycles. The predicted octanol–water partition coefficient (Wildman–Crippen LogP) is 1.69. The highest BCUT2D eigenvalue weighted by Crippen LogP contribution is 2.25. The number of rotatable bonds is 6. The Morgan fingerprint density at radius 1 is 1.40 bits per heavy atom. The van der Waals surface area contributed by atoms with Crippen LogP contribution >= 0.6 is 0 Å². The molecule has 0 fully saturated rings. The van der Waals surface area contributed by atoms with E-state index in [0.717, 1.165) is 24.3 Å². The van der Waals surface area contributed by atoms with Crippen LogP contribution in [0.5, 0.6) is 5.75 Å². The lowest BCUT2D eigenvalue weighted by atomic mass is 10.0. The van der Waals surface area contributed by atoms with E-state index in [1.165, 1.54) is 0 Å². The molecule has 1 unspecified atom stereocenters. The average molecular weight is 208 g/mol. The highest BCUT2D eigenvalue weighted by Gasteiger charge is 2.10. The lowest BCUT2D eigenvalue weighted by Gasteiger charge is -2.16. The predicted molar refractivity (Wildman–Crippen MR) is 63.1 cm³/mol. The van der Waals surface area contributed by atoms with Crippen LogP contribution in [0.3, 0.4) is 0 Å². The van der Waals surface area contributed by atoms with Crippen molar-refractivity contribution in [1.82, 2.24) is 5.32 Å². The fourth-order valence-corrected chi connectivity index (χ4v) is 1.53. The molecule has 0 spiro atoms. The van der Waals surface area contributed by atoms with Gasteiger partial charge in [0, 0.05) is 11.6 Å². The van der Waals surface area contributed by atoms with E-state index >= 15 is 0 Å². The molecule has 0 bridgehead atoms. The summed E-state index contributed by atoms with van der Waals surface area (Å²) in [6, 6.07) is 8.01. The zero-order chi connectivity index (χ0) is 11.1. The standard InChI is InChI=1S/C12H20N2O/c1-3-15-12-7-5-4-6-10(12)11(13)8-9-14-2/h4-7,11,14H,3,8-9,13H2,1-2H3. The molecule has 0 saturated carbocycles. The van der Waals surface area contributed by atoms with Crippen LogP contribution in [0.15, 0.2) is 24.3 Å². The van der Waals surface area contributed by atoms with Gasteiger partial charge in [-0.2, -0.15) is 0 Å². The molecule has 1 aromatic carbocycles. The van der Waals surface area contributed by atoms with E-state index in [-0.39, 0.29) is 6.04 Å². The minimum absolute atomic E-state index is 0.0419. The van der Waals surface area contributed by atoms with Gasteiger partial charge in [-0.1, -0.05) is 18.2 Å². The van der Waals surface area contributed by atoms with Crippen LogP contribution in [-0.2, 0) is 0 Å². The van der Waals surface area contributed by atoms with Crippen molar-refractivity contribution in [3.05, 3.63) is 29.8 Å². The van der Waals surface area contributed by atoms with Gasteiger partial charge in [0.05, 0.1) is 6.61 Å². The molecule has 84 valence electrons. The van der Waals surface area contributed by atoms with Crippen LogP contribution in [0, 0.1) is 0 Å². The highest BCUT2D eigenvalue weighted by molar-refractivity contribution is 5.35. The summed E-state index contributed by atoms with van der Waals surface area (Å²) >= 11 is 0. The van der Waals surface area contributed by atoms with E-state index in [1.54, 1.807) is 0 Å². The molecule has 15 heavy (non-hydrogen) atoms. The van der Waals surface area contributed by atoms with Crippen molar-refractivity contribution in [2.45, 2.75) is 19.4 Å². The average Bonchev–Trinajstić information content (AvgIpc) is 2.27. The summed E-state index contributed by atoms with van der Waals surface area (Å²) in [5.41, 5.74) is 7.18. The van der Waals surface area contributed by atoms with Crippen LogP contribution in [0.1, 0.15) is 24.9 Å². The van der Waals surface area contributed by atoms with Gasteiger partial charge in [0.15, 0.2) is 0 Å². The summed E-state index contributed by atoms with van der Waals surface area (Å²) in [6.45, 7) is 3.58. The second kappa shape index (κ2) is 6.43. The lowest BCUT2D eigenvalue weighted by Crippen LogP contribution is -2.18. The Hall–Kier alpha value is -1.06. The summed E-state index contributed by atoms with van der Waals surface area (Å²) in [7, 11) is 1.93. The maximum Gasteiger partial charge on any atom is 0.124 e. The molecule has 0 amide bonds. The summed E-state index contributed by atoms with van der Waals surface area (Å²) < 4.78 is 5.54. The maximum atomic E-state index is 6.09. The van der Waals surface area contributed by atoms with Gasteiger partial charge in [-0.25, -0.2) is 0 Å². The van der Waals surface area contributed by atoms with Gasteiger partial charge < -0.3 is 15.8 Å². The molecular formula is C12H20N2O. The van der Waals surface area contributed by atoms with E-state index < -0.39 is 0 Å². The Morgan fingerprint density at radius 2 is 2.13 bits per heavy atom. The zero-order valence-electron chi connectivity index (χ0n) is 9.49. The third kappa shape index (κ3) is 3.53. The first-order chi connectivity index (χ1) is 7.29. The quantitative estimate of drug-likeness (QED) is 0.748. The molecular weight excluding hydrogens is 188 g/mol. The Bertz CT molecular complexity index is 289. The van der Waals surface area contributed by atoms with Gasteiger partial charge in [0.25, 0.3) is 0 Å². The second-order valence-corrected chi connectivity index (χ2v) is 3.47. The zero-order valence-corrected chi connectivity index (χ0v) is 9.49. The second-order valence-electron chi connectivity index (χ2n) is 3.47. The van der Waals surface area contributed by atoms with E-state index in [9.17, 15) is 0 Å². The summed E-state index contributed by atoms with van der Waals surface area (Å²) in [5, 5.41) is 3.10. The molecule has 0 aliphatic rings. The SMILES string of the molecule is CCOc1ccccc1C(N)CCNC.